The molecule has 0 saturated heterocycles. The predicted octanol–water partition coefficient (Wildman–Crippen LogP) is 3.97. The molecular weight excluding hydrogens is 310 g/mol. The van der Waals surface area contributed by atoms with Crippen LogP contribution < -0.4 is 14.4 Å². The van der Waals surface area contributed by atoms with Crippen molar-refractivity contribution in [3.63, 3.8) is 0 Å². The number of nitrogens with zero attached hydrogens (tertiary/aromatic N) is 1. The topological polar surface area (TPSA) is 38.8 Å². The van der Waals surface area contributed by atoms with Crippen molar-refractivity contribution >= 4 is 23.4 Å². The fraction of sp³-hybridized carbons (Fsp3) is 0.167. The average molecular weight is 329 g/mol. The molecule has 120 valence electrons. The Balaban J connectivity index is 2.07. The number of benzene rings is 2. The van der Waals surface area contributed by atoms with E-state index in [2.05, 4.69) is 0 Å². The van der Waals surface area contributed by atoms with E-state index in [0.717, 1.165) is 4.90 Å². The Hall–Kier alpha value is -2.40. The number of anilines is 1. The van der Waals surface area contributed by atoms with E-state index in [0.29, 0.717) is 17.2 Å². The minimum atomic E-state index is -0.128. The molecule has 0 spiro atoms. The van der Waals surface area contributed by atoms with Gasteiger partial charge in [0.25, 0.3) is 5.91 Å². The van der Waals surface area contributed by atoms with Gasteiger partial charge in [0.15, 0.2) is 0 Å². The molecule has 2 rings (SSSR count). The summed E-state index contributed by atoms with van der Waals surface area (Å²) in [6.07, 6.45) is 1.54. The molecule has 1 amide bonds. The van der Waals surface area contributed by atoms with E-state index in [1.807, 2.05) is 30.3 Å². The summed E-state index contributed by atoms with van der Waals surface area (Å²) >= 11 is 1.50. The van der Waals surface area contributed by atoms with Gasteiger partial charge in [0.1, 0.15) is 11.5 Å². The van der Waals surface area contributed by atoms with Crippen LogP contribution in [-0.2, 0) is 4.79 Å². The van der Waals surface area contributed by atoms with Crippen molar-refractivity contribution in [2.24, 2.45) is 0 Å². The molecule has 0 heterocycles. The summed E-state index contributed by atoms with van der Waals surface area (Å²) in [4.78, 5) is 14.9. The maximum absolute atomic E-state index is 12.3. The molecular formula is C18H19NO3S. The first kappa shape index (κ1) is 17.0. The molecule has 0 radical (unpaired) electrons. The number of thioether (sulfide) groups is 1. The second kappa shape index (κ2) is 8.29. The van der Waals surface area contributed by atoms with E-state index in [1.165, 1.54) is 11.8 Å². The van der Waals surface area contributed by atoms with Crippen LogP contribution in [0.2, 0.25) is 0 Å². The highest BCUT2D eigenvalue weighted by molar-refractivity contribution is 8.02. The van der Waals surface area contributed by atoms with E-state index in [1.54, 1.807) is 55.9 Å². The summed E-state index contributed by atoms with van der Waals surface area (Å²) < 4.78 is 10.5. The van der Waals surface area contributed by atoms with E-state index in [4.69, 9.17) is 9.47 Å². The monoisotopic (exact) mass is 329 g/mol. The first-order chi connectivity index (χ1) is 11.2. The summed E-state index contributed by atoms with van der Waals surface area (Å²) in [7, 11) is 4.87. The summed E-state index contributed by atoms with van der Waals surface area (Å²) in [5.74, 6) is 1.14. The Bertz CT molecular complexity index is 686. The summed E-state index contributed by atoms with van der Waals surface area (Å²) in [5.41, 5.74) is 0.688. The van der Waals surface area contributed by atoms with Crippen molar-refractivity contribution in [2.45, 2.75) is 4.90 Å². The number of rotatable bonds is 6. The second-order valence-electron chi connectivity index (χ2n) is 4.67. The number of amides is 1. The number of ether oxygens (including phenoxy) is 2. The van der Waals surface area contributed by atoms with Crippen molar-refractivity contribution in [3.05, 3.63) is 60.0 Å². The summed E-state index contributed by atoms with van der Waals surface area (Å²) in [6.45, 7) is 0. The van der Waals surface area contributed by atoms with Crippen LogP contribution in [-0.4, -0.2) is 27.2 Å². The summed E-state index contributed by atoms with van der Waals surface area (Å²) in [5, 5.41) is 1.78. The molecule has 0 fully saturated rings. The van der Waals surface area contributed by atoms with E-state index < -0.39 is 0 Å². The van der Waals surface area contributed by atoms with Crippen LogP contribution in [0.1, 0.15) is 0 Å². The van der Waals surface area contributed by atoms with Gasteiger partial charge in [-0.05, 0) is 29.7 Å². The molecule has 0 aliphatic heterocycles. The number of hydrogen-bond donors (Lipinski definition) is 0. The molecule has 0 unspecified atom stereocenters. The van der Waals surface area contributed by atoms with E-state index in [-0.39, 0.29) is 5.91 Å². The lowest BCUT2D eigenvalue weighted by Crippen LogP contribution is -2.24. The third kappa shape index (κ3) is 4.53. The molecule has 0 atom stereocenters. The Morgan fingerprint density at radius 1 is 1.09 bits per heavy atom. The summed E-state index contributed by atoms with van der Waals surface area (Å²) in [6, 6.07) is 15.2. The number of methoxy groups -OCH3 is 2. The van der Waals surface area contributed by atoms with Gasteiger partial charge in [-0.25, -0.2) is 0 Å². The Morgan fingerprint density at radius 3 is 2.48 bits per heavy atom. The van der Waals surface area contributed by atoms with Crippen LogP contribution in [0, 0.1) is 0 Å². The first-order valence-corrected chi connectivity index (χ1v) is 7.91. The van der Waals surface area contributed by atoms with Gasteiger partial charge >= 0.3 is 0 Å². The zero-order valence-corrected chi connectivity index (χ0v) is 14.2. The van der Waals surface area contributed by atoms with Crippen molar-refractivity contribution < 1.29 is 14.3 Å². The van der Waals surface area contributed by atoms with Crippen LogP contribution >= 0.6 is 11.8 Å². The van der Waals surface area contributed by atoms with Crippen LogP contribution in [0.15, 0.2) is 64.9 Å². The van der Waals surface area contributed by atoms with Crippen LogP contribution in [0.4, 0.5) is 5.69 Å². The second-order valence-corrected chi connectivity index (χ2v) is 5.65. The Morgan fingerprint density at radius 2 is 1.83 bits per heavy atom. The minimum Gasteiger partial charge on any atom is -0.497 e. The van der Waals surface area contributed by atoms with E-state index >= 15 is 0 Å². The quantitative estimate of drug-likeness (QED) is 0.594. The SMILES string of the molecule is COc1ccc(N(C)C(=O)/C=C\Sc2ccccc2)c(OC)c1. The molecule has 4 nitrogen and oxygen atoms in total. The zero-order chi connectivity index (χ0) is 16.7. The maximum Gasteiger partial charge on any atom is 0.251 e. The molecule has 2 aromatic carbocycles. The van der Waals surface area contributed by atoms with Crippen molar-refractivity contribution in [2.75, 3.05) is 26.2 Å². The molecule has 0 bridgehead atoms. The third-order valence-corrected chi connectivity index (χ3v) is 4.05. The molecule has 0 aliphatic rings. The van der Waals surface area contributed by atoms with Gasteiger partial charge < -0.3 is 14.4 Å². The largest absolute Gasteiger partial charge is 0.497 e. The Kier molecular flexibility index (Phi) is 6.11. The highest BCUT2D eigenvalue weighted by Crippen LogP contribution is 2.31. The van der Waals surface area contributed by atoms with Crippen molar-refractivity contribution in [1.29, 1.82) is 0 Å². The number of hydrogen-bond acceptors (Lipinski definition) is 4. The average Bonchev–Trinajstić information content (AvgIpc) is 2.61. The van der Waals surface area contributed by atoms with Gasteiger partial charge in [-0.15, -0.1) is 0 Å². The fourth-order valence-electron chi connectivity index (χ4n) is 1.96. The highest BCUT2D eigenvalue weighted by Gasteiger charge is 2.13. The van der Waals surface area contributed by atoms with Gasteiger partial charge in [-0.2, -0.15) is 0 Å². The number of likely N-dealkylation sites (N-methyl/N-ethyl adjacent to an activating group) is 1. The lowest BCUT2D eigenvalue weighted by molar-refractivity contribution is -0.113. The highest BCUT2D eigenvalue weighted by atomic mass is 32.2. The molecule has 23 heavy (non-hydrogen) atoms. The molecule has 0 aliphatic carbocycles. The van der Waals surface area contributed by atoms with Gasteiger partial charge in [0, 0.05) is 24.1 Å². The minimum absolute atomic E-state index is 0.128. The predicted molar refractivity (Wildman–Crippen MR) is 94.4 cm³/mol. The zero-order valence-electron chi connectivity index (χ0n) is 13.4. The fourth-order valence-corrected chi connectivity index (χ4v) is 2.62. The smallest absolute Gasteiger partial charge is 0.251 e. The third-order valence-electron chi connectivity index (χ3n) is 3.24. The van der Waals surface area contributed by atoms with Gasteiger partial charge in [0.05, 0.1) is 19.9 Å². The van der Waals surface area contributed by atoms with Crippen LogP contribution in [0.5, 0.6) is 11.5 Å². The molecule has 0 aromatic heterocycles. The Labute approximate surface area is 140 Å². The van der Waals surface area contributed by atoms with Crippen LogP contribution in [0.3, 0.4) is 0 Å². The maximum atomic E-state index is 12.3. The molecule has 2 aromatic rings. The van der Waals surface area contributed by atoms with Crippen molar-refractivity contribution in [1.82, 2.24) is 0 Å². The van der Waals surface area contributed by atoms with Gasteiger partial charge in [0.2, 0.25) is 0 Å². The molecule has 0 saturated carbocycles. The number of carbonyl (C=O) groups excluding carboxylic acids is 1. The first-order valence-electron chi connectivity index (χ1n) is 7.03. The lowest BCUT2D eigenvalue weighted by atomic mass is 10.2. The normalized spacial score (nSPS) is 10.6. The van der Waals surface area contributed by atoms with E-state index in [9.17, 15) is 4.79 Å². The molecule has 0 N–H and O–H groups in total. The lowest BCUT2D eigenvalue weighted by Gasteiger charge is -2.19. The van der Waals surface area contributed by atoms with Crippen molar-refractivity contribution in [3.8, 4) is 11.5 Å². The van der Waals surface area contributed by atoms with Crippen LogP contribution in [0.25, 0.3) is 0 Å². The number of carbonyl (C=O) groups is 1. The van der Waals surface area contributed by atoms with Gasteiger partial charge in [-0.1, -0.05) is 30.0 Å². The van der Waals surface area contributed by atoms with Gasteiger partial charge in [-0.3, -0.25) is 4.79 Å². The molecule has 5 heteroatoms. The standard InChI is InChI=1S/C18H19NO3S/c1-19(16-10-9-14(21-2)13-17(16)22-3)18(20)11-12-23-15-7-5-4-6-8-15/h4-13H,1-3H3/b12-11-.